The molecule has 0 aliphatic carbocycles. The van der Waals surface area contributed by atoms with E-state index in [2.05, 4.69) is 39.2 Å². The molecule has 23 heavy (non-hydrogen) atoms. The SMILES string of the molecule is Cc1ccc(Nc2cc(N3CCN(C=O)CC3)nc(C)n2)cc1. The van der Waals surface area contributed by atoms with Crippen molar-refractivity contribution in [3.05, 3.63) is 41.7 Å². The fourth-order valence-electron chi connectivity index (χ4n) is 2.62. The molecule has 0 bridgehead atoms. The van der Waals surface area contributed by atoms with Crippen molar-refractivity contribution in [3.8, 4) is 0 Å². The quantitative estimate of drug-likeness (QED) is 0.876. The van der Waals surface area contributed by atoms with E-state index < -0.39 is 0 Å². The summed E-state index contributed by atoms with van der Waals surface area (Å²) in [4.78, 5) is 23.8. The van der Waals surface area contributed by atoms with Gasteiger partial charge in [0.05, 0.1) is 0 Å². The number of nitrogens with one attached hydrogen (secondary N) is 1. The van der Waals surface area contributed by atoms with Gasteiger partial charge < -0.3 is 15.1 Å². The van der Waals surface area contributed by atoms with Gasteiger partial charge in [0.25, 0.3) is 0 Å². The summed E-state index contributed by atoms with van der Waals surface area (Å²) in [5.41, 5.74) is 2.23. The average molecular weight is 311 g/mol. The highest BCUT2D eigenvalue weighted by molar-refractivity contribution is 5.60. The molecule has 1 fully saturated rings. The van der Waals surface area contributed by atoms with Crippen molar-refractivity contribution in [2.45, 2.75) is 13.8 Å². The van der Waals surface area contributed by atoms with Crippen LogP contribution in [0.15, 0.2) is 30.3 Å². The fraction of sp³-hybridized carbons (Fsp3) is 0.353. The Labute approximate surface area is 136 Å². The molecule has 0 radical (unpaired) electrons. The van der Waals surface area contributed by atoms with Crippen LogP contribution in [-0.2, 0) is 4.79 Å². The lowest BCUT2D eigenvalue weighted by atomic mass is 10.2. The third kappa shape index (κ3) is 3.77. The van der Waals surface area contributed by atoms with Gasteiger partial charge in [-0.2, -0.15) is 0 Å². The summed E-state index contributed by atoms with van der Waals surface area (Å²) in [6, 6.07) is 10.2. The van der Waals surface area contributed by atoms with Gasteiger partial charge in [0.1, 0.15) is 17.5 Å². The van der Waals surface area contributed by atoms with E-state index in [-0.39, 0.29) is 0 Å². The molecule has 0 saturated carbocycles. The first-order chi connectivity index (χ1) is 11.1. The van der Waals surface area contributed by atoms with Crippen molar-refractivity contribution < 1.29 is 4.79 Å². The van der Waals surface area contributed by atoms with Crippen molar-refractivity contribution in [1.29, 1.82) is 0 Å². The zero-order valence-electron chi connectivity index (χ0n) is 13.5. The molecular weight excluding hydrogens is 290 g/mol. The van der Waals surface area contributed by atoms with Crippen LogP contribution in [0.25, 0.3) is 0 Å². The molecule has 0 atom stereocenters. The highest BCUT2D eigenvalue weighted by Gasteiger charge is 2.17. The molecule has 0 spiro atoms. The number of aryl methyl sites for hydroxylation is 2. The molecule has 0 unspecified atom stereocenters. The second-order valence-corrected chi connectivity index (χ2v) is 5.78. The van der Waals surface area contributed by atoms with E-state index in [0.717, 1.165) is 55.7 Å². The van der Waals surface area contributed by atoms with Crippen molar-refractivity contribution >= 4 is 23.7 Å². The van der Waals surface area contributed by atoms with Crippen LogP contribution in [0.3, 0.4) is 0 Å². The number of carbonyl (C=O) groups excluding carboxylic acids is 1. The molecule has 3 rings (SSSR count). The Morgan fingerprint density at radius 2 is 1.74 bits per heavy atom. The second kappa shape index (κ2) is 6.64. The summed E-state index contributed by atoms with van der Waals surface area (Å²) >= 11 is 0. The first kappa shape index (κ1) is 15.3. The molecule has 2 heterocycles. The minimum atomic E-state index is 0.729. The molecular formula is C17H21N5O. The van der Waals surface area contributed by atoms with E-state index in [0.29, 0.717) is 0 Å². The molecule has 1 amide bonds. The molecule has 6 nitrogen and oxygen atoms in total. The largest absolute Gasteiger partial charge is 0.353 e. The van der Waals surface area contributed by atoms with Crippen LogP contribution in [0.2, 0.25) is 0 Å². The molecule has 1 saturated heterocycles. The minimum Gasteiger partial charge on any atom is -0.353 e. The lowest BCUT2D eigenvalue weighted by Crippen LogP contribution is -2.46. The Morgan fingerprint density at radius 3 is 2.39 bits per heavy atom. The van der Waals surface area contributed by atoms with Gasteiger partial charge in [-0.1, -0.05) is 17.7 Å². The summed E-state index contributed by atoms with van der Waals surface area (Å²) in [6.45, 7) is 7.00. The number of hydrogen-bond acceptors (Lipinski definition) is 5. The van der Waals surface area contributed by atoms with Crippen LogP contribution >= 0.6 is 0 Å². The zero-order chi connectivity index (χ0) is 16.2. The average Bonchev–Trinajstić information content (AvgIpc) is 2.56. The predicted molar refractivity (Wildman–Crippen MR) is 91.1 cm³/mol. The number of aromatic nitrogens is 2. The van der Waals surface area contributed by atoms with Gasteiger partial charge >= 0.3 is 0 Å². The first-order valence-electron chi connectivity index (χ1n) is 7.78. The molecule has 1 N–H and O–H groups in total. The fourth-order valence-corrected chi connectivity index (χ4v) is 2.62. The van der Waals surface area contributed by atoms with Gasteiger partial charge in [0.2, 0.25) is 6.41 Å². The molecule has 1 aromatic heterocycles. The molecule has 1 aliphatic rings. The van der Waals surface area contributed by atoms with E-state index >= 15 is 0 Å². The standard InChI is InChI=1S/C17H21N5O/c1-13-3-5-15(6-4-13)20-16-11-17(19-14(2)18-16)22-9-7-21(12-23)8-10-22/h3-6,11-12H,7-10H2,1-2H3,(H,18,19,20). The maximum absolute atomic E-state index is 10.8. The molecule has 2 aromatic rings. The lowest BCUT2D eigenvalue weighted by Gasteiger charge is -2.33. The number of anilines is 3. The molecule has 1 aliphatic heterocycles. The highest BCUT2D eigenvalue weighted by atomic mass is 16.1. The first-order valence-corrected chi connectivity index (χ1v) is 7.78. The number of nitrogens with zero attached hydrogens (tertiary/aromatic N) is 4. The van der Waals surface area contributed by atoms with Crippen LogP contribution in [0, 0.1) is 13.8 Å². The van der Waals surface area contributed by atoms with Crippen molar-refractivity contribution in [2.75, 3.05) is 36.4 Å². The molecule has 120 valence electrons. The highest BCUT2D eigenvalue weighted by Crippen LogP contribution is 2.21. The van der Waals surface area contributed by atoms with E-state index in [1.807, 2.05) is 25.1 Å². The number of amides is 1. The van der Waals surface area contributed by atoms with Crippen LogP contribution in [-0.4, -0.2) is 47.5 Å². The summed E-state index contributed by atoms with van der Waals surface area (Å²) in [5.74, 6) is 2.42. The summed E-state index contributed by atoms with van der Waals surface area (Å²) in [6.07, 6.45) is 0.910. The minimum absolute atomic E-state index is 0.729. The van der Waals surface area contributed by atoms with Crippen LogP contribution in [0.1, 0.15) is 11.4 Å². The topological polar surface area (TPSA) is 61.4 Å². The maximum atomic E-state index is 10.8. The number of piperazine rings is 1. The van der Waals surface area contributed by atoms with Crippen molar-refractivity contribution in [2.24, 2.45) is 0 Å². The predicted octanol–water partition coefficient (Wildman–Crippen LogP) is 2.12. The van der Waals surface area contributed by atoms with Crippen LogP contribution in [0.4, 0.5) is 17.3 Å². The number of benzene rings is 1. The van der Waals surface area contributed by atoms with Gasteiger partial charge in [-0.05, 0) is 26.0 Å². The van der Waals surface area contributed by atoms with E-state index in [4.69, 9.17) is 0 Å². The van der Waals surface area contributed by atoms with Crippen LogP contribution in [0.5, 0.6) is 0 Å². The summed E-state index contributed by atoms with van der Waals surface area (Å²) in [5, 5.41) is 3.33. The van der Waals surface area contributed by atoms with Gasteiger partial charge in [0, 0.05) is 37.9 Å². The van der Waals surface area contributed by atoms with E-state index in [9.17, 15) is 4.79 Å². The van der Waals surface area contributed by atoms with Gasteiger partial charge in [0.15, 0.2) is 0 Å². The second-order valence-electron chi connectivity index (χ2n) is 5.78. The van der Waals surface area contributed by atoms with Gasteiger partial charge in [-0.15, -0.1) is 0 Å². The summed E-state index contributed by atoms with van der Waals surface area (Å²) < 4.78 is 0. The lowest BCUT2D eigenvalue weighted by molar-refractivity contribution is -0.118. The Kier molecular flexibility index (Phi) is 4.41. The third-order valence-corrected chi connectivity index (χ3v) is 3.94. The Balaban J connectivity index is 1.76. The Bertz CT molecular complexity index is 678. The van der Waals surface area contributed by atoms with E-state index in [1.54, 1.807) is 4.90 Å². The number of hydrogen-bond donors (Lipinski definition) is 1. The van der Waals surface area contributed by atoms with Crippen molar-refractivity contribution in [3.63, 3.8) is 0 Å². The smallest absolute Gasteiger partial charge is 0.209 e. The Hall–Kier alpha value is -2.63. The summed E-state index contributed by atoms with van der Waals surface area (Å²) in [7, 11) is 0. The third-order valence-electron chi connectivity index (χ3n) is 3.94. The van der Waals surface area contributed by atoms with Crippen molar-refractivity contribution in [1.82, 2.24) is 14.9 Å². The monoisotopic (exact) mass is 311 g/mol. The van der Waals surface area contributed by atoms with Crippen LogP contribution < -0.4 is 10.2 Å². The maximum Gasteiger partial charge on any atom is 0.209 e. The van der Waals surface area contributed by atoms with Gasteiger partial charge in [-0.25, -0.2) is 9.97 Å². The van der Waals surface area contributed by atoms with Gasteiger partial charge in [-0.3, -0.25) is 4.79 Å². The van der Waals surface area contributed by atoms with E-state index in [1.165, 1.54) is 5.56 Å². The Morgan fingerprint density at radius 1 is 1.04 bits per heavy atom. The number of rotatable bonds is 4. The zero-order valence-corrected chi connectivity index (χ0v) is 13.5. The number of carbonyl (C=O) groups is 1. The molecule has 6 heteroatoms. The normalized spacial score (nSPS) is 14.7. The molecule has 1 aromatic carbocycles.